The molecular weight excluding hydrogens is 254 g/mol. The summed E-state index contributed by atoms with van der Waals surface area (Å²) in [5, 5.41) is 0. The fraction of sp³-hybridized carbons (Fsp3) is 0.750. The fourth-order valence-corrected chi connectivity index (χ4v) is 1.71. The fourth-order valence-electron chi connectivity index (χ4n) is 1.71. The van der Waals surface area contributed by atoms with Gasteiger partial charge in [0.15, 0.2) is 0 Å². The van der Waals surface area contributed by atoms with Crippen LogP contribution in [0.1, 0.15) is 53.9 Å². The van der Waals surface area contributed by atoms with E-state index in [-0.39, 0.29) is 17.8 Å². The maximum Gasteiger partial charge on any atom is 0.410 e. The zero-order valence-electron chi connectivity index (χ0n) is 13.6. The highest BCUT2D eigenvalue weighted by Crippen LogP contribution is 2.13. The van der Waals surface area contributed by atoms with Crippen LogP contribution in [0, 0.1) is 5.92 Å². The highest BCUT2D eigenvalue weighted by atomic mass is 16.6. The maximum absolute atomic E-state index is 11.9. The summed E-state index contributed by atoms with van der Waals surface area (Å²) in [4.78, 5) is 25.4. The van der Waals surface area contributed by atoms with Crippen molar-refractivity contribution in [3.05, 3.63) is 12.7 Å². The first-order chi connectivity index (χ1) is 9.21. The lowest BCUT2D eigenvalue weighted by molar-refractivity contribution is -0.122. The van der Waals surface area contributed by atoms with Gasteiger partial charge in [-0.3, -0.25) is 4.79 Å². The number of nitrogens with zero attached hydrogens (tertiary/aromatic N) is 1. The van der Waals surface area contributed by atoms with Crippen LogP contribution in [0.25, 0.3) is 0 Å². The molecule has 4 heteroatoms. The molecular formula is C16H29NO3. The summed E-state index contributed by atoms with van der Waals surface area (Å²) >= 11 is 0. The standard InChI is InChI=1S/C16H29NO3/c1-7-9-10-14(18)13(3)11-12-17(8-2)15(19)20-16(4,5)6/h7,13H,1,8-12H2,2-6H3. The van der Waals surface area contributed by atoms with Crippen molar-refractivity contribution in [1.82, 2.24) is 4.90 Å². The minimum absolute atomic E-state index is 0.0357. The first kappa shape index (κ1) is 18.7. The van der Waals surface area contributed by atoms with Crippen LogP contribution in [-0.4, -0.2) is 35.5 Å². The molecule has 1 atom stereocenters. The lowest BCUT2D eigenvalue weighted by Crippen LogP contribution is -2.38. The Labute approximate surface area is 123 Å². The first-order valence-electron chi connectivity index (χ1n) is 7.32. The molecule has 0 spiro atoms. The van der Waals surface area contributed by atoms with Gasteiger partial charge in [-0.05, 0) is 40.5 Å². The Kier molecular flexibility index (Phi) is 8.19. The molecule has 0 aromatic carbocycles. The zero-order chi connectivity index (χ0) is 15.8. The number of allylic oxidation sites excluding steroid dienone is 1. The summed E-state index contributed by atoms with van der Waals surface area (Å²) in [5.41, 5.74) is -0.490. The molecule has 4 nitrogen and oxygen atoms in total. The maximum atomic E-state index is 11.9. The van der Waals surface area contributed by atoms with Crippen molar-refractivity contribution in [2.24, 2.45) is 5.92 Å². The van der Waals surface area contributed by atoms with Crippen molar-refractivity contribution in [1.29, 1.82) is 0 Å². The smallest absolute Gasteiger partial charge is 0.410 e. The number of ketones is 1. The second-order valence-electron chi connectivity index (χ2n) is 6.04. The van der Waals surface area contributed by atoms with Crippen LogP contribution in [0.3, 0.4) is 0 Å². The summed E-state index contributed by atoms with van der Waals surface area (Å²) in [6, 6.07) is 0. The van der Waals surface area contributed by atoms with Gasteiger partial charge in [-0.2, -0.15) is 0 Å². The lowest BCUT2D eigenvalue weighted by Gasteiger charge is -2.27. The number of Topliss-reactive ketones (excluding diaryl/α,β-unsaturated/α-hetero) is 1. The topological polar surface area (TPSA) is 46.6 Å². The largest absolute Gasteiger partial charge is 0.444 e. The molecule has 0 fully saturated rings. The van der Waals surface area contributed by atoms with Crippen LogP contribution in [0.2, 0.25) is 0 Å². The minimum Gasteiger partial charge on any atom is -0.444 e. The molecule has 0 aliphatic rings. The Morgan fingerprint density at radius 1 is 1.35 bits per heavy atom. The van der Waals surface area contributed by atoms with Gasteiger partial charge in [-0.15, -0.1) is 6.58 Å². The highest BCUT2D eigenvalue weighted by Gasteiger charge is 2.22. The van der Waals surface area contributed by atoms with Gasteiger partial charge in [0.05, 0.1) is 0 Å². The summed E-state index contributed by atoms with van der Waals surface area (Å²) in [6.45, 7) is 14.1. The molecule has 0 heterocycles. The van der Waals surface area contributed by atoms with Crippen LogP contribution >= 0.6 is 0 Å². The van der Waals surface area contributed by atoms with Gasteiger partial charge in [0.25, 0.3) is 0 Å². The lowest BCUT2D eigenvalue weighted by atomic mass is 9.99. The zero-order valence-corrected chi connectivity index (χ0v) is 13.6. The van der Waals surface area contributed by atoms with Gasteiger partial charge in [-0.25, -0.2) is 4.79 Å². The van der Waals surface area contributed by atoms with Crippen molar-refractivity contribution in [2.75, 3.05) is 13.1 Å². The van der Waals surface area contributed by atoms with Crippen molar-refractivity contribution >= 4 is 11.9 Å². The minimum atomic E-state index is -0.490. The Morgan fingerprint density at radius 3 is 2.40 bits per heavy atom. The number of ether oxygens (including phenoxy) is 1. The van der Waals surface area contributed by atoms with Crippen LogP contribution in [-0.2, 0) is 9.53 Å². The molecule has 116 valence electrons. The molecule has 20 heavy (non-hydrogen) atoms. The first-order valence-corrected chi connectivity index (χ1v) is 7.32. The summed E-state index contributed by atoms with van der Waals surface area (Å²) < 4.78 is 5.34. The van der Waals surface area contributed by atoms with Crippen molar-refractivity contribution in [3.8, 4) is 0 Å². The highest BCUT2D eigenvalue weighted by molar-refractivity contribution is 5.80. The predicted octanol–water partition coefficient (Wildman–Crippen LogP) is 3.80. The van der Waals surface area contributed by atoms with E-state index in [0.29, 0.717) is 32.4 Å². The monoisotopic (exact) mass is 283 g/mol. The number of amides is 1. The van der Waals surface area contributed by atoms with E-state index in [2.05, 4.69) is 6.58 Å². The van der Waals surface area contributed by atoms with Gasteiger partial charge in [0, 0.05) is 25.4 Å². The second-order valence-corrected chi connectivity index (χ2v) is 6.04. The van der Waals surface area contributed by atoms with Crippen LogP contribution < -0.4 is 0 Å². The SMILES string of the molecule is C=CCCC(=O)C(C)CCN(CC)C(=O)OC(C)(C)C. The van der Waals surface area contributed by atoms with E-state index in [9.17, 15) is 9.59 Å². The van der Waals surface area contributed by atoms with E-state index in [1.807, 2.05) is 34.6 Å². The van der Waals surface area contributed by atoms with Gasteiger partial charge in [0.1, 0.15) is 11.4 Å². The summed E-state index contributed by atoms with van der Waals surface area (Å²) in [6.07, 6.45) is 3.36. The van der Waals surface area contributed by atoms with E-state index in [1.165, 1.54) is 0 Å². The molecule has 0 aliphatic carbocycles. The van der Waals surface area contributed by atoms with Crippen LogP contribution in [0.4, 0.5) is 4.79 Å². The van der Waals surface area contributed by atoms with Gasteiger partial charge < -0.3 is 9.64 Å². The van der Waals surface area contributed by atoms with E-state index in [0.717, 1.165) is 0 Å². The average Bonchev–Trinajstić information content (AvgIpc) is 2.34. The van der Waals surface area contributed by atoms with Gasteiger partial charge in [0.2, 0.25) is 0 Å². The Hall–Kier alpha value is -1.32. The third kappa shape index (κ3) is 7.97. The van der Waals surface area contributed by atoms with E-state index in [1.54, 1.807) is 11.0 Å². The van der Waals surface area contributed by atoms with E-state index in [4.69, 9.17) is 4.74 Å². The van der Waals surface area contributed by atoms with Crippen molar-refractivity contribution < 1.29 is 14.3 Å². The third-order valence-electron chi connectivity index (χ3n) is 3.01. The predicted molar refractivity (Wildman–Crippen MR) is 81.7 cm³/mol. The molecule has 0 saturated heterocycles. The van der Waals surface area contributed by atoms with Crippen molar-refractivity contribution in [2.45, 2.75) is 59.5 Å². The quantitative estimate of drug-likeness (QED) is 0.636. The second kappa shape index (κ2) is 8.77. The number of carbonyl (C=O) groups excluding carboxylic acids is 2. The molecule has 0 radical (unpaired) electrons. The molecule has 1 unspecified atom stereocenters. The normalized spacial score (nSPS) is 12.7. The molecule has 0 aliphatic heterocycles. The number of hydrogen-bond acceptors (Lipinski definition) is 3. The summed E-state index contributed by atoms with van der Waals surface area (Å²) in [5.74, 6) is 0.191. The summed E-state index contributed by atoms with van der Waals surface area (Å²) in [7, 11) is 0. The molecule has 0 aromatic heterocycles. The molecule has 0 bridgehead atoms. The van der Waals surface area contributed by atoms with Gasteiger partial charge in [-0.1, -0.05) is 13.0 Å². The average molecular weight is 283 g/mol. The number of rotatable bonds is 8. The third-order valence-corrected chi connectivity index (χ3v) is 3.01. The number of hydrogen-bond donors (Lipinski definition) is 0. The van der Waals surface area contributed by atoms with Crippen LogP contribution in [0.15, 0.2) is 12.7 Å². The molecule has 1 amide bonds. The molecule has 0 aromatic rings. The van der Waals surface area contributed by atoms with Crippen molar-refractivity contribution in [3.63, 3.8) is 0 Å². The Morgan fingerprint density at radius 2 is 1.95 bits per heavy atom. The Balaban J connectivity index is 4.27. The molecule has 0 saturated carbocycles. The molecule has 0 rings (SSSR count). The van der Waals surface area contributed by atoms with Gasteiger partial charge >= 0.3 is 6.09 Å². The number of carbonyl (C=O) groups is 2. The van der Waals surface area contributed by atoms with Crippen LogP contribution in [0.5, 0.6) is 0 Å². The molecule has 0 N–H and O–H groups in total. The van der Waals surface area contributed by atoms with E-state index >= 15 is 0 Å². The Bertz CT molecular complexity index is 331. The van der Waals surface area contributed by atoms with E-state index < -0.39 is 5.60 Å².